The first-order chi connectivity index (χ1) is 11.8. The Morgan fingerprint density at radius 2 is 1.46 bits per heavy atom. The predicted molar refractivity (Wildman–Crippen MR) is 99.5 cm³/mol. The van der Waals surface area contributed by atoms with E-state index in [1.807, 2.05) is 18.2 Å². The summed E-state index contributed by atoms with van der Waals surface area (Å²) in [4.78, 5) is 4.77. The molecule has 3 aromatic rings. The molecular weight excluding hydrogens is 296 g/mol. The number of rotatable bonds is 3. The first-order valence-electron chi connectivity index (χ1n) is 8.53. The van der Waals surface area contributed by atoms with E-state index in [0.29, 0.717) is 5.75 Å². The zero-order valence-corrected chi connectivity index (χ0v) is 13.7. The molecule has 3 aromatic carbocycles. The molecule has 0 spiro atoms. The second-order valence-corrected chi connectivity index (χ2v) is 6.39. The number of hydrogen-bond donors (Lipinski definition) is 1. The Bertz CT molecular complexity index is 833. The largest absolute Gasteiger partial charge is 0.506 e. The van der Waals surface area contributed by atoms with E-state index in [-0.39, 0.29) is 0 Å². The molecular formula is C21H22N2O. The lowest BCUT2D eigenvalue weighted by atomic mass is 10.0. The summed E-state index contributed by atoms with van der Waals surface area (Å²) >= 11 is 0. The van der Waals surface area contributed by atoms with Crippen LogP contribution in [-0.4, -0.2) is 36.2 Å². The zero-order valence-electron chi connectivity index (χ0n) is 13.7. The van der Waals surface area contributed by atoms with Crippen molar-refractivity contribution >= 4 is 16.5 Å². The number of nitrogens with zero attached hydrogens (tertiary/aromatic N) is 2. The number of piperazine rings is 1. The van der Waals surface area contributed by atoms with Crippen molar-refractivity contribution in [3.05, 3.63) is 72.3 Å². The Kier molecular flexibility index (Phi) is 4.09. The molecule has 3 heteroatoms. The molecule has 122 valence electrons. The molecule has 1 aliphatic heterocycles. The molecule has 1 N–H and O–H groups in total. The number of benzene rings is 3. The third-order valence-corrected chi connectivity index (χ3v) is 4.87. The van der Waals surface area contributed by atoms with Gasteiger partial charge < -0.3 is 10.0 Å². The standard InChI is InChI=1S/C21H22N2O/c24-21-11-4-3-10-20(21)23-14-12-22(13-15-23)16-18-8-5-7-17-6-1-2-9-19(17)18/h1-11,24H,12-16H2. The molecule has 0 aromatic heterocycles. The van der Waals surface area contributed by atoms with E-state index in [2.05, 4.69) is 52.3 Å². The molecule has 4 rings (SSSR count). The van der Waals surface area contributed by atoms with Crippen LogP contribution in [0.1, 0.15) is 5.56 Å². The van der Waals surface area contributed by atoms with Crippen LogP contribution in [0.3, 0.4) is 0 Å². The van der Waals surface area contributed by atoms with Gasteiger partial charge in [0.05, 0.1) is 5.69 Å². The van der Waals surface area contributed by atoms with E-state index >= 15 is 0 Å². The van der Waals surface area contributed by atoms with Crippen LogP contribution < -0.4 is 4.90 Å². The Labute approximate surface area is 142 Å². The molecule has 0 saturated carbocycles. The maximum Gasteiger partial charge on any atom is 0.138 e. The Balaban J connectivity index is 1.46. The Morgan fingerprint density at radius 3 is 2.29 bits per heavy atom. The highest BCUT2D eigenvalue weighted by atomic mass is 16.3. The highest BCUT2D eigenvalue weighted by Gasteiger charge is 2.19. The molecule has 1 aliphatic rings. The highest BCUT2D eigenvalue weighted by Crippen LogP contribution is 2.28. The van der Waals surface area contributed by atoms with Crippen molar-refractivity contribution in [2.24, 2.45) is 0 Å². The van der Waals surface area contributed by atoms with E-state index in [1.54, 1.807) is 6.07 Å². The molecule has 3 nitrogen and oxygen atoms in total. The monoisotopic (exact) mass is 318 g/mol. The molecule has 0 bridgehead atoms. The van der Waals surface area contributed by atoms with Crippen LogP contribution in [-0.2, 0) is 6.54 Å². The fourth-order valence-corrected chi connectivity index (χ4v) is 3.55. The molecule has 0 atom stereocenters. The molecule has 0 radical (unpaired) electrons. The molecule has 0 aliphatic carbocycles. The van der Waals surface area contributed by atoms with Crippen LogP contribution in [0.5, 0.6) is 5.75 Å². The summed E-state index contributed by atoms with van der Waals surface area (Å²) in [5, 5.41) is 12.7. The molecule has 1 heterocycles. The summed E-state index contributed by atoms with van der Waals surface area (Å²) in [6.45, 7) is 4.90. The van der Waals surface area contributed by atoms with Gasteiger partial charge in [-0.1, -0.05) is 54.6 Å². The fraction of sp³-hybridized carbons (Fsp3) is 0.238. The summed E-state index contributed by atoms with van der Waals surface area (Å²) in [7, 11) is 0. The number of fused-ring (bicyclic) bond motifs is 1. The van der Waals surface area contributed by atoms with Gasteiger partial charge in [0.25, 0.3) is 0 Å². The van der Waals surface area contributed by atoms with E-state index in [9.17, 15) is 5.11 Å². The van der Waals surface area contributed by atoms with Crippen molar-refractivity contribution in [3.63, 3.8) is 0 Å². The smallest absolute Gasteiger partial charge is 0.138 e. The van der Waals surface area contributed by atoms with Crippen molar-refractivity contribution in [3.8, 4) is 5.75 Å². The lowest BCUT2D eigenvalue weighted by molar-refractivity contribution is 0.250. The van der Waals surface area contributed by atoms with Gasteiger partial charge in [0, 0.05) is 32.7 Å². The minimum atomic E-state index is 0.375. The van der Waals surface area contributed by atoms with Gasteiger partial charge in [0.2, 0.25) is 0 Å². The van der Waals surface area contributed by atoms with Gasteiger partial charge in [-0.2, -0.15) is 0 Å². The Hall–Kier alpha value is -2.52. The molecule has 24 heavy (non-hydrogen) atoms. The van der Waals surface area contributed by atoms with Crippen LogP contribution in [0, 0.1) is 0 Å². The number of phenols is 1. The number of aromatic hydroxyl groups is 1. The van der Waals surface area contributed by atoms with Crippen LogP contribution in [0.4, 0.5) is 5.69 Å². The SMILES string of the molecule is Oc1ccccc1N1CCN(Cc2cccc3ccccc23)CC1. The number of hydrogen-bond acceptors (Lipinski definition) is 3. The normalized spacial score (nSPS) is 15.8. The highest BCUT2D eigenvalue weighted by molar-refractivity contribution is 5.85. The van der Waals surface area contributed by atoms with Crippen molar-refractivity contribution < 1.29 is 5.11 Å². The molecule has 1 fully saturated rings. The number of para-hydroxylation sites is 2. The van der Waals surface area contributed by atoms with Crippen molar-refractivity contribution in [1.82, 2.24) is 4.90 Å². The lowest BCUT2D eigenvalue weighted by Gasteiger charge is -2.36. The van der Waals surface area contributed by atoms with E-state index < -0.39 is 0 Å². The first kappa shape index (κ1) is 15.0. The van der Waals surface area contributed by atoms with Gasteiger partial charge in [0.15, 0.2) is 0 Å². The topological polar surface area (TPSA) is 26.7 Å². The van der Waals surface area contributed by atoms with Gasteiger partial charge in [-0.05, 0) is 28.5 Å². The van der Waals surface area contributed by atoms with Gasteiger partial charge >= 0.3 is 0 Å². The third kappa shape index (κ3) is 2.95. The van der Waals surface area contributed by atoms with Gasteiger partial charge in [0.1, 0.15) is 5.75 Å². The van der Waals surface area contributed by atoms with Crippen LogP contribution in [0.2, 0.25) is 0 Å². The maximum atomic E-state index is 10.0. The fourth-order valence-electron chi connectivity index (χ4n) is 3.55. The minimum absolute atomic E-state index is 0.375. The maximum absolute atomic E-state index is 10.0. The summed E-state index contributed by atoms with van der Waals surface area (Å²) in [6, 6.07) is 22.8. The summed E-state index contributed by atoms with van der Waals surface area (Å²) in [5.74, 6) is 0.375. The van der Waals surface area contributed by atoms with E-state index in [0.717, 1.165) is 38.4 Å². The van der Waals surface area contributed by atoms with Crippen LogP contribution >= 0.6 is 0 Å². The van der Waals surface area contributed by atoms with E-state index in [1.165, 1.54) is 16.3 Å². The quantitative estimate of drug-likeness (QED) is 0.794. The van der Waals surface area contributed by atoms with Crippen molar-refractivity contribution in [2.75, 3.05) is 31.1 Å². The average molecular weight is 318 g/mol. The second-order valence-electron chi connectivity index (χ2n) is 6.39. The third-order valence-electron chi connectivity index (χ3n) is 4.87. The lowest BCUT2D eigenvalue weighted by Crippen LogP contribution is -2.46. The van der Waals surface area contributed by atoms with E-state index in [4.69, 9.17) is 0 Å². The summed E-state index contributed by atoms with van der Waals surface area (Å²) < 4.78 is 0. The minimum Gasteiger partial charge on any atom is -0.506 e. The average Bonchev–Trinajstić information content (AvgIpc) is 2.63. The molecule has 1 saturated heterocycles. The number of phenolic OH excluding ortho intramolecular Hbond substituents is 1. The van der Waals surface area contributed by atoms with Gasteiger partial charge in [-0.15, -0.1) is 0 Å². The van der Waals surface area contributed by atoms with Crippen molar-refractivity contribution in [1.29, 1.82) is 0 Å². The predicted octanol–water partition coefficient (Wildman–Crippen LogP) is 3.87. The molecule has 0 amide bonds. The number of anilines is 1. The van der Waals surface area contributed by atoms with Crippen LogP contribution in [0.25, 0.3) is 10.8 Å². The second kappa shape index (κ2) is 6.54. The summed E-state index contributed by atoms with van der Waals surface area (Å²) in [6.07, 6.45) is 0. The first-order valence-corrected chi connectivity index (χ1v) is 8.53. The van der Waals surface area contributed by atoms with Crippen LogP contribution in [0.15, 0.2) is 66.7 Å². The van der Waals surface area contributed by atoms with Gasteiger partial charge in [-0.25, -0.2) is 0 Å². The van der Waals surface area contributed by atoms with Crippen molar-refractivity contribution in [2.45, 2.75) is 6.54 Å². The molecule has 0 unspecified atom stereocenters. The summed E-state index contributed by atoms with van der Waals surface area (Å²) in [5.41, 5.74) is 2.34. The van der Waals surface area contributed by atoms with Gasteiger partial charge in [-0.3, -0.25) is 4.90 Å². The Morgan fingerprint density at radius 1 is 0.750 bits per heavy atom. The zero-order chi connectivity index (χ0) is 16.4.